The highest BCUT2D eigenvalue weighted by atomic mass is 35.5. The Labute approximate surface area is 168 Å². The predicted molar refractivity (Wildman–Crippen MR) is 109 cm³/mol. The lowest BCUT2D eigenvalue weighted by Gasteiger charge is -2.29. The Bertz CT molecular complexity index is 1040. The summed E-state index contributed by atoms with van der Waals surface area (Å²) in [6.45, 7) is 1.92. The monoisotopic (exact) mass is 387 g/mol. The molecule has 0 spiro atoms. The molecule has 0 radical (unpaired) electrons. The maximum atomic E-state index is 13.6. The zero-order chi connectivity index (χ0) is 19.5. The van der Waals surface area contributed by atoms with Crippen LogP contribution < -0.4 is 4.90 Å². The van der Waals surface area contributed by atoms with Gasteiger partial charge in [-0.1, -0.05) is 72.3 Å². The number of anilines is 1. The van der Waals surface area contributed by atoms with E-state index in [4.69, 9.17) is 11.6 Å². The van der Waals surface area contributed by atoms with E-state index >= 15 is 0 Å². The van der Waals surface area contributed by atoms with Crippen molar-refractivity contribution in [3.8, 4) is 0 Å². The van der Waals surface area contributed by atoms with E-state index in [1.165, 1.54) is 4.90 Å². The van der Waals surface area contributed by atoms with E-state index in [0.717, 1.165) is 11.1 Å². The fraction of sp³-hybridized carbons (Fsp3) is 0.167. The topological polar surface area (TPSA) is 37.4 Å². The van der Waals surface area contributed by atoms with Crippen LogP contribution in [-0.4, -0.2) is 11.8 Å². The van der Waals surface area contributed by atoms with Crippen molar-refractivity contribution in [1.82, 2.24) is 0 Å². The zero-order valence-electron chi connectivity index (χ0n) is 15.3. The fourth-order valence-corrected chi connectivity index (χ4v) is 5.27. The summed E-state index contributed by atoms with van der Waals surface area (Å²) in [6, 6.07) is 26.7. The van der Waals surface area contributed by atoms with E-state index in [2.05, 4.69) is 0 Å². The van der Waals surface area contributed by atoms with Gasteiger partial charge in [0.05, 0.1) is 17.0 Å². The van der Waals surface area contributed by atoms with Crippen molar-refractivity contribution in [2.75, 3.05) is 4.90 Å². The predicted octanol–water partition coefficient (Wildman–Crippen LogP) is 4.84. The van der Waals surface area contributed by atoms with Gasteiger partial charge in [0.15, 0.2) is 0 Å². The summed E-state index contributed by atoms with van der Waals surface area (Å²) in [5.41, 5.74) is 1.14. The van der Waals surface area contributed by atoms with Crippen molar-refractivity contribution in [2.45, 2.75) is 12.3 Å². The van der Waals surface area contributed by atoms with Crippen LogP contribution in [0.25, 0.3) is 0 Å². The Morgan fingerprint density at radius 3 is 1.71 bits per heavy atom. The number of fused-ring (bicyclic) bond motifs is 1. The highest BCUT2D eigenvalue weighted by molar-refractivity contribution is 6.31. The van der Waals surface area contributed by atoms with Gasteiger partial charge in [0.1, 0.15) is 0 Å². The average molecular weight is 388 g/mol. The van der Waals surface area contributed by atoms with Crippen molar-refractivity contribution in [1.29, 1.82) is 0 Å². The Morgan fingerprint density at radius 1 is 0.786 bits per heavy atom. The molecule has 1 aliphatic carbocycles. The lowest BCUT2D eigenvalue weighted by Crippen LogP contribution is -2.42. The van der Waals surface area contributed by atoms with Crippen molar-refractivity contribution in [3.63, 3.8) is 0 Å². The van der Waals surface area contributed by atoms with Crippen LogP contribution in [0.4, 0.5) is 5.69 Å². The molecule has 138 valence electrons. The van der Waals surface area contributed by atoms with Crippen LogP contribution in [-0.2, 0) is 15.0 Å². The second-order valence-electron chi connectivity index (χ2n) is 7.63. The summed E-state index contributed by atoms with van der Waals surface area (Å²) in [4.78, 5) is 28.4. The van der Waals surface area contributed by atoms with Crippen molar-refractivity contribution < 1.29 is 9.59 Å². The summed E-state index contributed by atoms with van der Waals surface area (Å²) in [6.07, 6.45) is 0. The van der Waals surface area contributed by atoms with Crippen LogP contribution in [0.5, 0.6) is 0 Å². The molecule has 1 heterocycles. The van der Waals surface area contributed by atoms with Crippen LogP contribution in [0.3, 0.4) is 0 Å². The van der Waals surface area contributed by atoms with Gasteiger partial charge in [-0.25, -0.2) is 4.90 Å². The van der Waals surface area contributed by atoms with Gasteiger partial charge in [0, 0.05) is 10.4 Å². The van der Waals surface area contributed by atoms with E-state index in [9.17, 15) is 9.59 Å². The number of benzene rings is 3. The number of piperidine rings is 1. The summed E-state index contributed by atoms with van der Waals surface area (Å²) in [5.74, 6) is -0.729. The third-order valence-corrected chi connectivity index (χ3v) is 6.66. The van der Waals surface area contributed by atoms with Gasteiger partial charge in [-0.15, -0.1) is 0 Å². The summed E-state index contributed by atoms with van der Waals surface area (Å²) < 4.78 is 0. The molecule has 3 aromatic carbocycles. The summed E-state index contributed by atoms with van der Waals surface area (Å²) in [7, 11) is 0. The first-order valence-electron chi connectivity index (χ1n) is 9.28. The molecule has 0 unspecified atom stereocenters. The molecule has 4 heteroatoms. The van der Waals surface area contributed by atoms with Gasteiger partial charge in [-0.3, -0.25) is 9.59 Å². The normalized spacial score (nSPS) is 24.9. The first-order chi connectivity index (χ1) is 13.5. The number of hydrogen-bond acceptors (Lipinski definition) is 2. The van der Waals surface area contributed by atoms with Gasteiger partial charge >= 0.3 is 0 Å². The number of carbonyl (C=O) groups is 2. The maximum Gasteiger partial charge on any atom is 0.241 e. The summed E-state index contributed by atoms with van der Waals surface area (Å²) in [5, 5.41) is 0.571. The third-order valence-electron chi connectivity index (χ3n) is 6.40. The molecule has 1 saturated carbocycles. The highest BCUT2D eigenvalue weighted by Gasteiger charge is 2.86. The largest absolute Gasteiger partial charge is 0.274 e. The number of rotatable bonds is 3. The highest BCUT2D eigenvalue weighted by Crippen LogP contribution is 2.76. The number of hydrogen-bond donors (Lipinski definition) is 0. The molecule has 3 aromatic rings. The zero-order valence-corrected chi connectivity index (χ0v) is 16.1. The smallest absolute Gasteiger partial charge is 0.241 e. The Hall–Kier alpha value is -2.91. The molecule has 2 fully saturated rings. The molecule has 5 rings (SSSR count). The number of amides is 2. The number of nitrogens with zero attached hydrogens (tertiary/aromatic N) is 1. The van der Waals surface area contributed by atoms with E-state index in [1.54, 1.807) is 24.3 Å². The van der Waals surface area contributed by atoms with Gasteiger partial charge in [-0.05, 0) is 42.3 Å². The van der Waals surface area contributed by atoms with Crippen LogP contribution in [0.2, 0.25) is 5.02 Å². The number of carbonyl (C=O) groups excluding carboxylic acids is 2. The molecule has 1 aliphatic heterocycles. The molecular formula is C24H18ClNO2. The SMILES string of the molecule is C[C@]12C(=O)N(c3ccc(Cl)cc3)C(=O)[C@H]1C2(c1ccccc1)c1ccccc1. The van der Waals surface area contributed by atoms with Gasteiger partial charge in [-0.2, -0.15) is 0 Å². The molecule has 2 amide bonds. The standard InChI is InChI=1S/C24H18ClNO2/c1-23-20(21(27)26(22(23)28)19-14-12-18(25)13-15-19)24(23,16-8-4-2-5-9-16)17-10-6-3-7-11-17/h2-15,20H,1H3/t20-,23-/m1/s1. The Kier molecular flexibility index (Phi) is 3.56. The lowest BCUT2D eigenvalue weighted by molar-refractivity contribution is -0.125. The molecule has 1 saturated heterocycles. The molecule has 0 aromatic heterocycles. The molecule has 2 aliphatic rings. The van der Waals surface area contributed by atoms with E-state index < -0.39 is 16.7 Å². The van der Waals surface area contributed by atoms with E-state index in [1.807, 2.05) is 67.6 Å². The molecule has 3 nitrogen and oxygen atoms in total. The number of imide groups is 1. The van der Waals surface area contributed by atoms with E-state index in [-0.39, 0.29) is 11.8 Å². The third kappa shape index (κ3) is 1.95. The van der Waals surface area contributed by atoms with Crippen molar-refractivity contribution >= 4 is 29.1 Å². The minimum absolute atomic E-state index is 0.150. The number of halogens is 1. The quantitative estimate of drug-likeness (QED) is 0.603. The van der Waals surface area contributed by atoms with Gasteiger partial charge in [0.25, 0.3) is 0 Å². The minimum Gasteiger partial charge on any atom is -0.274 e. The Balaban J connectivity index is 1.67. The fourth-order valence-electron chi connectivity index (χ4n) is 5.14. The molecule has 28 heavy (non-hydrogen) atoms. The van der Waals surface area contributed by atoms with Crippen LogP contribution >= 0.6 is 11.6 Å². The minimum atomic E-state index is -0.813. The maximum absolute atomic E-state index is 13.6. The molecule has 2 atom stereocenters. The molecule has 0 N–H and O–H groups in total. The van der Waals surface area contributed by atoms with Crippen molar-refractivity contribution in [2.24, 2.45) is 11.3 Å². The second-order valence-corrected chi connectivity index (χ2v) is 8.07. The average Bonchev–Trinajstić information content (AvgIpc) is 3.26. The van der Waals surface area contributed by atoms with Gasteiger partial charge < -0.3 is 0 Å². The lowest BCUT2D eigenvalue weighted by atomic mass is 9.79. The van der Waals surface area contributed by atoms with Crippen LogP contribution in [0.15, 0.2) is 84.9 Å². The van der Waals surface area contributed by atoms with Gasteiger partial charge in [0.2, 0.25) is 11.8 Å². The van der Waals surface area contributed by atoms with Crippen LogP contribution in [0, 0.1) is 11.3 Å². The first-order valence-corrected chi connectivity index (χ1v) is 9.65. The summed E-state index contributed by atoms with van der Waals surface area (Å²) >= 11 is 5.97. The van der Waals surface area contributed by atoms with Crippen LogP contribution in [0.1, 0.15) is 18.1 Å². The first kappa shape index (κ1) is 17.2. The Morgan fingerprint density at radius 2 is 1.29 bits per heavy atom. The van der Waals surface area contributed by atoms with E-state index in [0.29, 0.717) is 10.7 Å². The molecule has 0 bridgehead atoms. The second kappa shape index (κ2) is 5.79. The molecular weight excluding hydrogens is 370 g/mol. The van der Waals surface area contributed by atoms with Crippen molar-refractivity contribution in [3.05, 3.63) is 101 Å².